The number of thiazole rings is 1. The van der Waals surface area contributed by atoms with Crippen LogP contribution in [0.2, 0.25) is 0 Å². The summed E-state index contributed by atoms with van der Waals surface area (Å²) >= 11 is 2.96. The lowest BCUT2D eigenvalue weighted by atomic mass is 9.85. The summed E-state index contributed by atoms with van der Waals surface area (Å²) in [7, 11) is 0. The van der Waals surface area contributed by atoms with Gasteiger partial charge in [-0.15, -0.1) is 22.7 Å². The monoisotopic (exact) mass is 1050 g/mol. The first-order valence-electron chi connectivity index (χ1n) is 25.2. The van der Waals surface area contributed by atoms with E-state index in [9.17, 15) is 39.3 Å². The number of aromatic hydroxyl groups is 2. The Morgan fingerprint density at radius 1 is 0.800 bits per heavy atom. The number of hydrogen-bond donors (Lipinski definition) is 6. The second-order valence-electron chi connectivity index (χ2n) is 20.1. The van der Waals surface area contributed by atoms with E-state index in [1.165, 1.54) is 16.2 Å². The molecule has 390 valence electrons. The number of fused-ring (bicyclic) bond motifs is 1. The molecule has 4 amide bonds. The van der Waals surface area contributed by atoms with Crippen LogP contribution in [0.25, 0.3) is 31.0 Å². The number of aromatic nitrogens is 1. The lowest BCUT2D eigenvalue weighted by Gasteiger charge is -2.35. The van der Waals surface area contributed by atoms with Gasteiger partial charge in [-0.1, -0.05) is 69.3 Å². The molecule has 7 aromatic rings. The van der Waals surface area contributed by atoms with Gasteiger partial charge in [0.1, 0.15) is 29.3 Å². The molecule has 6 N–H and O–H groups in total. The molecule has 1 fully saturated rings. The van der Waals surface area contributed by atoms with Crippen LogP contribution in [-0.4, -0.2) is 92.5 Å². The lowest BCUT2D eigenvalue weighted by Crippen LogP contribution is -2.57. The number of benzene rings is 5. The van der Waals surface area contributed by atoms with Gasteiger partial charge in [0.15, 0.2) is 5.78 Å². The number of carbonyl (C=O) groups excluding carboxylic acids is 5. The Morgan fingerprint density at radius 3 is 2.15 bits per heavy atom. The van der Waals surface area contributed by atoms with Crippen molar-refractivity contribution in [1.82, 2.24) is 25.8 Å². The van der Waals surface area contributed by atoms with E-state index in [1.54, 1.807) is 78.1 Å². The maximum absolute atomic E-state index is 14.1. The van der Waals surface area contributed by atoms with Gasteiger partial charge < -0.3 is 40.9 Å². The van der Waals surface area contributed by atoms with Gasteiger partial charge in [0, 0.05) is 57.6 Å². The molecule has 8 rings (SSSR count). The number of aryl methyl sites for hydroxylation is 1. The fourth-order valence-electron chi connectivity index (χ4n) is 9.22. The number of aliphatic hydroxyl groups is 1. The van der Waals surface area contributed by atoms with Gasteiger partial charge in [-0.05, 0) is 134 Å². The molecule has 5 aromatic carbocycles. The van der Waals surface area contributed by atoms with E-state index in [0.29, 0.717) is 65.1 Å². The lowest BCUT2D eigenvalue weighted by molar-refractivity contribution is -0.144. The molecule has 0 unspecified atom stereocenters. The number of nitrogens with one attached hydrogen (secondary N) is 3. The van der Waals surface area contributed by atoms with Crippen molar-refractivity contribution in [2.45, 2.75) is 97.4 Å². The first-order valence-corrected chi connectivity index (χ1v) is 26.9. The molecule has 0 radical (unpaired) electrons. The number of phenols is 2. The first-order chi connectivity index (χ1) is 35.9. The number of hydrogen-bond acceptors (Lipinski definition) is 12. The minimum absolute atomic E-state index is 0.00275. The van der Waals surface area contributed by atoms with Crippen molar-refractivity contribution in [2.24, 2.45) is 5.41 Å². The smallest absolute Gasteiger partial charge is 0.251 e. The SMILES string of the molecule is Cc1ncsc1-c1ccc([C@H](C)NC(=O)[C@@H]2C[C@@H](O)CN2C(=O)[C@@H](NC(=O)CCCCCOc2ccc(CCNC(=O)c3ccc(C(=O)c4c(-c5ccc(O)cc5)sc5cc(O)ccc45)cc3)cc2)C(C)(C)C)cc1. The standard InChI is InChI=1S/C59H63N5O9S2/c1-35(38-12-16-40(17-13-38)53-36(2)61-34-74-53)62-57(71)48-31-45(67)33-64(48)58(72)55(59(3,4)5)63-50(68)9-7-6-8-30-73-46-25-10-37(11-26-46)28-29-60-56(70)42-18-14-39(15-19-42)52(69)51-47-27-24-44(66)32-49(47)75-54(51)41-20-22-43(65)23-21-41/h10-27,32,34-35,45,48,55,65-67H,6-9,28-31,33H2,1-5H3,(H,60,70)(H,62,71)(H,63,68)/t35-,45+,48-,55+/m0/s1. The van der Waals surface area contributed by atoms with Crippen LogP contribution in [0.15, 0.2) is 121 Å². The van der Waals surface area contributed by atoms with Crippen molar-refractivity contribution >= 4 is 62.2 Å². The third kappa shape index (κ3) is 13.3. The van der Waals surface area contributed by atoms with Gasteiger partial charge in [0.05, 0.1) is 34.8 Å². The summed E-state index contributed by atoms with van der Waals surface area (Å²) in [5, 5.41) is 40.3. The molecule has 0 aliphatic carbocycles. The fraction of sp³-hybridized carbons (Fsp3) is 0.322. The Kier molecular flexibility index (Phi) is 17.1. The Labute approximate surface area is 444 Å². The highest BCUT2D eigenvalue weighted by Gasteiger charge is 2.44. The quantitative estimate of drug-likeness (QED) is 0.0315. The summed E-state index contributed by atoms with van der Waals surface area (Å²) in [6.07, 6.45) is 2.07. The van der Waals surface area contributed by atoms with Crippen LogP contribution in [0.3, 0.4) is 0 Å². The van der Waals surface area contributed by atoms with Crippen LogP contribution in [0.1, 0.15) is 109 Å². The average molecular weight is 1050 g/mol. The number of carbonyl (C=O) groups is 5. The number of aliphatic hydroxyl groups excluding tert-OH is 1. The summed E-state index contributed by atoms with van der Waals surface area (Å²) in [6.45, 7) is 10.3. The number of rotatable bonds is 20. The molecule has 2 aromatic heterocycles. The number of ketones is 1. The molecule has 3 heterocycles. The summed E-state index contributed by atoms with van der Waals surface area (Å²) in [4.78, 5) is 75.7. The number of ether oxygens (including phenoxy) is 1. The maximum atomic E-state index is 14.1. The zero-order valence-corrected chi connectivity index (χ0v) is 44.4. The summed E-state index contributed by atoms with van der Waals surface area (Å²) in [6, 6.07) is 31.5. The van der Waals surface area contributed by atoms with E-state index in [1.807, 2.05) is 88.7 Å². The van der Waals surface area contributed by atoms with Gasteiger partial charge in [-0.25, -0.2) is 4.98 Å². The van der Waals surface area contributed by atoms with Crippen molar-refractivity contribution in [2.75, 3.05) is 19.7 Å². The van der Waals surface area contributed by atoms with Crippen molar-refractivity contribution in [3.05, 3.63) is 154 Å². The normalized spacial score (nSPS) is 15.3. The minimum atomic E-state index is -0.906. The highest BCUT2D eigenvalue weighted by molar-refractivity contribution is 7.22. The van der Waals surface area contributed by atoms with Crippen LogP contribution in [0.4, 0.5) is 0 Å². The maximum Gasteiger partial charge on any atom is 0.251 e. The van der Waals surface area contributed by atoms with E-state index in [0.717, 1.165) is 43.9 Å². The van der Waals surface area contributed by atoms with Crippen molar-refractivity contribution in [3.8, 4) is 38.1 Å². The Bertz CT molecular complexity index is 3150. The van der Waals surface area contributed by atoms with Crippen molar-refractivity contribution < 1.29 is 44.0 Å². The number of unbranched alkanes of at least 4 members (excludes halogenated alkanes) is 2. The van der Waals surface area contributed by atoms with Crippen LogP contribution >= 0.6 is 22.7 Å². The number of thiophene rings is 1. The summed E-state index contributed by atoms with van der Waals surface area (Å²) in [5.74, 6) is -0.591. The molecule has 14 nitrogen and oxygen atoms in total. The average Bonchev–Trinajstić information content (AvgIpc) is 4.13. The van der Waals surface area contributed by atoms with E-state index < -0.39 is 29.5 Å². The second kappa shape index (κ2) is 23.9. The third-order valence-electron chi connectivity index (χ3n) is 13.4. The predicted molar refractivity (Wildman–Crippen MR) is 293 cm³/mol. The molecular formula is C59H63N5O9S2. The molecule has 1 aliphatic heterocycles. The van der Waals surface area contributed by atoms with Gasteiger partial charge >= 0.3 is 0 Å². The topological polar surface area (TPSA) is 207 Å². The number of likely N-dealkylation sites (tertiary alicyclic amines) is 1. The molecule has 0 spiro atoms. The van der Waals surface area contributed by atoms with E-state index in [4.69, 9.17) is 4.74 Å². The largest absolute Gasteiger partial charge is 0.508 e. The summed E-state index contributed by atoms with van der Waals surface area (Å²) in [5.41, 5.74) is 7.15. The Hall–Kier alpha value is -7.40. The molecular weight excluding hydrogens is 987 g/mol. The van der Waals surface area contributed by atoms with Gasteiger partial charge in [-0.3, -0.25) is 24.0 Å². The third-order valence-corrected chi connectivity index (χ3v) is 15.6. The van der Waals surface area contributed by atoms with Crippen molar-refractivity contribution in [3.63, 3.8) is 0 Å². The molecule has 1 saturated heterocycles. The summed E-state index contributed by atoms with van der Waals surface area (Å²) < 4.78 is 6.72. The fourth-order valence-corrected chi connectivity index (χ4v) is 11.3. The number of nitrogens with zero attached hydrogens (tertiary/aromatic N) is 2. The number of phenolic OH excluding ortho intramolecular Hbond substituents is 2. The number of β-amino-alcohol motifs (C(OH)–C–C–N with tert-alkyl or cyclic N) is 1. The highest BCUT2D eigenvalue weighted by Crippen LogP contribution is 2.42. The zero-order chi connectivity index (χ0) is 53.4. The van der Waals surface area contributed by atoms with E-state index in [-0.39, 0.29) is 60.4 Å². The Balaban J connectivity index is 0.743. The van der Waals surface area contributed by atoms with Crippen LogP contribution in [0, 0.1) is 12.3 Å². The molecule has 0 saturated carbocycles. The second-order valence-corrected chi connectivity index (χ2v) is 22.0. The molecule has 0 bridgehead atoms. The molecule has 75 heavy (non-hydrogen) atoms. The van der Waals surface area contributed by atoms with Crippen LogP contribution in [-0.2, 0) is 20.8 Å². The van der Waals surface area contributed by atoms with Gasteiger partial charge in [0.25, 0.3) is 5.91 Å². The van der Waals surface area contributed by atoms with Crippen LogP contribution < -0.4 is 20.7 Å². The predicted octanol–water partition coefficient (Wildman–Crippen LogP) is 9.92. The van der Waals surface area contributed by atoms with Crippen LogP contribution in [0.5, 0.6) is 17.2 Å². The van der Waals surface area contributed by atoms with Gasteiger partial charge in [0.2, 0.25) is 17.7 Å². The molecule has 1 aliphatic rings. The molecule has 16 heteroatoms. The zero-order valence-electron chi connectivity index (χ0n) is 42.7. The van der Waals surface area contributed by atoms with E-state index in [2.05, 4.69) is 20.9 Å². The minimum Gasteiger partial charge on any atom is -0.508 e. The number of amides is 4. The van der Waals surface area contributed by atoms with Gasteiger partial charge in [-0.2, -0.15) is 0 Å². The van der Waals surface area contributed by atoms with E-state index >= 15 is 0 Å². The van der Waals surface area contributed by atoms with Crippen molar-refractivity contribution in [1.29, 1.82) is 0 Å². The highest BCUT2D eigenvalue weighted by atomic mass is 32.1. The first kappa shape index (κ1) is 53.9. The Morgan fingerprint density at radius 2 is 1.47 bits per heavy atom. The molecule has 4 atom stereocenters.